The Kier molecular flexibility index (Phi) is 2.41. The SMILES string of the molecule is COc1ccc(-n2ncc3ccc(N)cc32)cc1. The van der Waals surface area contributed by atoms with Gasteiger partial charge in [0.15, 0.2) is 0 Å². The van der Waals surface area contributed by atoms with Crippen LogP contribution in [0.25, 0.3) is 16.6 Å². The van der Waals surface area contributed by atoms with E-state index in [1.54, 1.807) is 7.11 Å². The number of benzene rings is 2. The first-order valence-corrected chi connectivity index (χ1v) is 5.65. The Labute approximate surface area is 105 Å². The van der Waals surface area contributed by atoms with Crippen molar-refractivity contribution in [2.45, 2.75) is 0 Å². The fraction of sp³-hybridized carbons (Fsp3) is 0.0714. The largest absolute Gasteiger partial charge is 0.497 e. The molecule has 1 heterocycles. The monoisotopic (exact) mass is 239 g/mol. The fourth-order valence-corrected chi connectivity index (χ4v) is 1.96. The second-order valence-corrected chi connectivity index (χ2v) is 4.07. The molecule has 0 aliphatic carbocycles. The van der Waals surface area contributed by atoms with Crippen LogP contribution < -0.4 is 10.5 Å². The third-order valence-electron chi connectivity index (χ3n) is 2.91. The minimum absolute atomic E-state index is 0.734. The van der Waals surface area contributed by atoms with Crippen molar-refractivity contribution in [3.8, 4) is 11.4 Å². The lowest BCUT2D eigenvalue weighted by Gasteiger charge is -2.05. The smallest absolute Gasteiger partial charge is 0.119 e. The molecular weight excluding hydrogens is 226 g/mol. The van der Waals surface area contributed by atoms with E-state index in [0.29, 0.717) is 0 Å². The Morgan fingerprint density at radius 1 is 1.11 bits per heavy atom. The molecule has 0 amide bonds. The van der Waals surface area contributed by atoms with Gasteiger partial charge in [-0.2, -0.15) is 5.10 Å². The third kappa shape index (κ3) is 1.68. The number of nitrogens with two attached hydrogens (primary N) is 1. The van der Waals surface area contributed by atoms with E-state index in [-0.39, 0.29) is 0 Å². The molecule has 0 fully saturated rings. The van der Waals surface area contributed by atoms with Gasteiger partial charge in [-0.1, -0.05) is 0 Å². The molecule has 0 aliphatic rings. The second kappa shape index (κ2) is 4.07. The van der Waals surface area contributed by atoms with Gasteiger partial charge >= 0.3 is 0 Å². The molecule has 0 saturated heterocycles. The zero-order valence-corrected chi connectivity index (χ0v) is 10.00. The van der Waals surface area contributed by atoms with Crippen LogP contribution in [0.2, 0.25) is 0 Å². The van der Waals surface area contributed by atoms with Gasteiger partial charge in [0.1, 0.15) is 5.75 Å². The van der Waals surface area contributed by atoms with Crippen molar-refractivity contribution in [1.29, 1.82) is 0 Å². The molecule has 0 saturated carbocycles. The average molecular weight is 239 g/mol. The number of nitrogens with zero attached hydrogens (tertiary/aromatic N) is 2. The number of rotatable bonds is 2. The highest BCUT2D eigenvalue weighted by Crippen LogP contribution is 2.22. The van der Waals surface area contributed by atoms with Crippen molar-refractivity contribution in [1.82, 2.24) is 9.78 Å². The summed E-state index contributed by atoms with van der Waals surface area (Å²) in [5, 5.41) is 5.45. The standard InChI is InChI=1S/C14H13N3O/c1-18-13-6-4-12(5-7-13)17-14-8-11(15)3-2-10(14)9-16-17/h2-9H,15H2,1H3. The Bertz CT molecular complexity index is 686. The number of anilines is 1. The van der Waals surface area contributed by atoms with Crippen molar-refractivity contribution < 1.29 is 4.74 Å². The van der Waals surface area contributed by atoms with E-state index in [9.17, 15) is 0 Å². The lowest BCUT2D eigenvalue weighted by molar-refractivity contribution is 0.414. The molecule has 0 bridgehead atoms. The van der Waals surface area contributed by atoms with Crippen molar-refractivity contribution >= 4 is 16.6 Å². The van der Waals surface area contributed by atoms with E-state index in [0.717, 1.165) is 28.0 Å². The van der Waals surface area contributed by atoms with Crippen molar-refractivity contribution in [2.75, 3.05) is 12.8 Å². The predicted molar refractivity (Wildman–Crippen MR) is 72.0 cm³/mol. The molecule has 3 rings (SSSR count). The number of hydrogen-bond acceptors (Lipinski definition) is 3. The first-order chi connectivity index (χ1) is 8.78. The van der Waals surface area contributed by atoms with E-state index >= 15 is 0 Å². The first kappa shape index (κ1) is 10.7. The molecular formula is C14H13N3O. The van der Waals surface area contributed by atoms with Crippen molar-refractivity contribution in [3.05, 3.63) is 48.7 Å². The van der Waals surface area contributed by atoms with Gasteiger partial charge in [-0.05, 0) is 42.5 Å². The fourth-order valence-electron chi connectivity index (χ4n) is 1.96. The molecule has 0 atom stereocenters. The molecule has 2 N–H and O–H groups in total. The minimum Gasteiger partial charge on any atom is -0.497 e. The van der Waals surface area contributed by atoms with Crippen LogP contribution >= 0.6 is 0 Å². The molecule has 2 aromatic carbocycles. The van der Waals surface area contributed by atoms with Crippen LogP contribution in [0.1, 0.15) is 0 Å². The topological polar surface area (TPSA) is 53.1 Å². The quantitative estimate of drug-likeness (QED) is 0.699. The maximum absolute atomic E-state index is 5.81. The Morgan fingerprint density at radius 2 is 1.89 bits per heavy atom. The summed E-state index contributed by atoms with van der Waals surface area (Å²) < 4.78 is 7.01. The summed E-state index contributed by atoms with van der Waals surface area (Å²) in [6.07, 6.45) is 1.83. The summed E-state index contributed by atoms with van der Waals surface area (Å²) in [5.74, 6) is 0.828. The Hall–Kier alpha value is -2.49. The molecule has 3 aromatic rings. The molecule has 0 radical (unpaired) electrons. The normalized spacial score (nSPS) is 10.7. The van der Waals surface area contributed by atoms with Gasteiger partial charge in [0.25, 0.3) is 0 Å². The lowest BCUT2D eigenvalue weighted by Crippen LogP contribution is -1.96. The summed E-state index contributed by atoms with van der Waals surface area (Å²) in [4.78, 5) is 0. The molecule has 0 unspecified atom stereocenters. The van der Waals surface area contributed by atoms with Gasteiger partial charge in [0.05, 0.1) is 24.5 Å². The lowest BCUT2D eigenvalue weighted by atomic mass is 10.2. The van der Waals surface area contributed by atoms with Crippen LogP contribution in [-0.2, 0) is 0 Å². The van der Waals surface area contributed by atoms with Crippen molar-refractivity contribution in [3.63, 3.8) is 0 Å². The molecule has 4 heteroatoms. The Morgan fingerprint density at radius 3 is 2.61 bits per heavy atom. The summed E-state index contributed by atoms with van der Waals surface area (Å²) in [7, 11) is 1.65. The van der Waals surface area contributed by atoms with Gasteiger partial charge in [-0.25, -0.2) is 4.68 Å². The van der Waals surface area contributed by atoms with E-state index < -0.39 is 0 Å². The van der Waals surface area contributed by atoms with E-state index in [4.69, 9.17) is 10.5 Å². The highest BCUT2D eigenvalue weighted by atomic mass is 16.5. The maximum atomic E-state index is 5.81. The highest BCUT2D eigenvalue weighted by molar-refractivity contribution is 5.83. The number of ether oxygens (including phenoxy) is 1. The summed E-state index contributed by atoms with van der Waals surface area (Å²) in [5.41, 5.74) is 8.53. The van der Waals surface area contributed by atoms with Gasteiger partial charge in [0.2, 0.25) is 0 Å². The van der Waals surface area contributed by atoms with E-state index in [1.165, 1.54) is 0 Å². The highest BCUT2D eigenvalue weighted by Gasteiger charge is 2.05. The van der Waals surface area contributed by atoms with Gasteiger partial charge in [0, 0.05) is 11.1 Å². The number of methoxy groups -OCH3 is 1. The summed E-state index contributed by atoms with van der Waals surface area (Å²) in [6.45, 7) is 0. The van der Waals surface area contributed by atoms with Gasteiger partial charge in [-0.15, -0.1) is 0 Å². The van der Waals surface area contributed by atoms with E-state index in [1.807, 2.05) is 53.3 Å². The van der Waals surface area contributed by atoms with Gasteiger partial charge < -0.3 is 10.5 Å². The van der Waals surface area contributed by atoms with Gasteiger partial charge in [-0.3, -0.25) is 0 Å². The molecule has 90 valence electrons. The minimum atomic E-state index is 0.734. The van der Waals surface area contributed by atoms with Crippen LogP contribution in [0, 0.1) is 0 Å². The third-order valence-corrected chi connectivity index (χ3v) is 2.91. The molecule has 0 aliphatic heterocycles. The molecule has 1 aromatic heterocycles. The maximum Gasteiger partial charge on any atom is 0.119 e. The van der Waals surface area contributed by atoms with Crippen LogP contribution in [0.5, 0.6) is 5.75 Å². The number of hydrogen-bond donors (Lipinski definition) is 1. The van der Waals surface area contributed by atoms with Crippen LogP contribution in [-0.4, -0.2) is 16.9 Å². The first-order valence-electron chi connectivity index (χ1n) is 5.65. The van der Waals surface area contributed by atoms with Crippen LogP contribution in [0.3, 0.4) is 0 Å². The number of aromatic nitrogens is 2. The zero-order chi connectivity index (χ0) is 12.5. The Balaban J connectivity index is 2.15. The summed E-state index contributed by atoms with van der Waals surface area (Å²) >= 11 is 0. The second-order valence-electron chi connectivity index (χ2n) is 4.07. The number of nitrogen functional groups attached to an aromatic ring is 1. The number of fused-ring (bicyclic) bond motifs is 1. The molecule has 4 nitrogen and oxygen atoms in total. The van der Waals surface area contributed by atoms with Crippen molar-refractivity contribution in [2.24, 2.45) is 0 Å². The van der Waals surface area contributed by atoms with Crippen LogP contribution in [0.15, 0.2) is 48.7 Å². The summed E-state index contributed by atoms with van der Waals surface area (Å²) in [6, 6.07) is 13.5. The zero-order valence-electron chi connectivity index (χ0n) is 10.00. The predicted octanol–water partition coefficient (Wildman–Crippen LogP) is 2.62. The molecule has 18 heavy (non-hydrogen) atoms. The van der Waals surface area contributed by atoms with Crippen LogP contribution in [0.4, 0.5) is 5.69 Å². The van der Waals surface area contributed by atoms with E-state index in [2.05, 4.69) is 5.10 Å². The average Bonchev–Trinajstić information content (AvgIpc) is 2.82. The molecule has 0 spiro atoms.